The zero-order valence-electron chi connectivity index (χ0n) is 9.74. The maximum atomic E-state index is 5.96. The Morgan fingerprint density at radius 2 is 2.17 bits per heavy atom. The number of nitrogens with one attached hydrogen (secondary N) is 1. The first kappa shape index (κ1) is 12.0. The van der Waals surface area contributed by atoms with Crippen LogP contribution in [0.1, 0.15) is 10.4 Å². The molecule has 0 radical (unpaired) electrons. The summed E-state index contributed by atoms with van der Waals surface area (Å²) in [4.78, 5) is 4.44. The number of imidazole rings is 1. The van der Waals surface area contributed by atoms with E-state index in [2.05, 4.69) is 34.7 Å². The molecule has 0 spiro atoms. The van der Waals surface area contributed by atoms with Crippen molar-refractivity contribution in [2.45, 2.75) is 13.5 Å². The molecular formula is C13H11ClN2S2. The average molecular weight is 295 g/mol. The summed E-state index contributed by atoms with van der Waals surface area (Å²) in [6.07, 6.45) is 0. The van der Waals surface area contributed by atoms with Gasteiger partial charge in [-0.15, -0.1) is 11.3 Å². The number of benzene rings is 1. The third-order valence-electron chi connectivity index (χ3n) is 2.87. The molecule has 92 valence electrons. The molecule has 0 aliphatic heterocycles. The van der Waals surface area contributed by atoms with Gasteiger partial charge in [0.1, 0.15) is 0 Å². The summed E-state index contributed by atoms with van der Waals surface area (Å²) >= 11 is 12.9. The maximum Gasteiger partial charge on any atom is 0.178 e. The fourth-order valence-corrected chi connectivity index (χ4v) is 3.36. The van der Waals surface area contributed by atoms with Crippen LogP contribution in [-0.4, -0.2) is 9.55 Å². The summed E-state index contributed by atoms with van der Waals surface area (Å²) in [5.74, 6) is 0. The number of hydrogen-bond donors (Lipinski definition) is 1. The number of aryl methyl sites for hydroxylation is 1. The predicted molar refractivity (Wildman–Crippen MR) is 80.3 cm³/mol. The number of aromatic amines is 1. The molecule has 3 aromatic rings. The highest BCUT2D eigenvalue weighted by molar-refractivity contribution is 7.71. The number of nitrogens with zero attached hydrogens (tertiary/aromatic N) is 1. The van der Waals surface area contributed by atoms with Crippen LogP contribution in [0.25, 0.3) is 11.0 Å². The highest BCUT2D eigenvalue weighted by Gasteiger charge is 2.06. The molecule has 3 rings (SSSR count). The van der Waals surface area contributed by atoms with Crippen LogP contribution in [0.3, 0.4) is 0 Å². The Balaban J connectivity index is 2.13. The summed E-state index contributed by atoms with van der Waals surface area (Å²) < 4.78 is 3.67. The predicted octanol–water partition coefficient (Wildman–Crippen LogP) is 4.77. The second kappa shape index (κ2) is 4.53. The molecule has 0 unspecified atom stereocenters. The molecule has 0 aliphatic rings. The van der Waals surface area contributed by atoms with Crippen molar-refractivity contribution in [1.82, 2.24) is 9.55 Å². The number of aromatic nitrogens is 2. The Hall–Kier alpha value is -1.10. The molecule has 0 aliphatic carbocycles. The van der Waals surface area contributed by atoms with E-state index in [1.807, 2.05) is 12.1 Å². The normalized spacial score (nSPS) is 11.2. The first-order chi connectivity index (χ1) is 8.63. The third-order valence-corrected chi connectivity index (χ3v) is 4.41. The molecule has 2 nitrogen and oxygen atoms in total. The minimum Gasteiger partial charge on any atom is -0.331 e. The molecule has 0 atom stereocenters. The lowest BCUT2D eigenvalue weighted by molar-refractivity contribution is 0.823. The van der Waals surface area contributed by atoms with Crippen molar-refractivity contribution in [3.8, 4) is 0 Å². The zero-order valence-corrected chi connectivity index (χ0v) is 12.1. The van der Waals surface area contributed by atoms with Crippen molar-refractivity contribution >= 4 is 46.2 Å². The van der Waals surface area contributed by atoms with Gasteiger partial charge in [0.25, 0.3) is 0 Å². The van der Waals surface area contributed by atoms with Crippen molar-refractivity contribution < 1.29 is 0 Å². The molecule has 0 bridgehead atoms. The standard InChI is InChI=1S/C13H11ClN2S2/c1-8-2-4-10-11(6-8)16(13(17)15-10)7-9-3-5-12(14)18-9/h2-6H,7H2,1H3,(H,15,17). The molecule has 0 amide bonds. The van der Waals surface area contributed by atoms with Crippen LogP contribution in [0.2, 0.25) is 4.34 Å². The van der Waals surface area contributed by atoms with Gasteiger partial charge < -0.3 is 9.55 Å². The van der Waals surface area contributed by atoms with Crippen LogP contribution in [0.5, 0.6) is 0 Å². The van der Waals surface area contributed by atoms with Crippen LogP contribution in [0.4, 0.5) is 0 Å². The van der Waals surface area contributed by atoms with E-state index in [4.69, 9.17) is 23.8 Å². The Labute approximate surface area is 119 Å². The van der Waals surface area contributed by atoms with E-state index >= 15 is 0 Å². The van der Waals surface area contributed by atoms with Gasteiger partial charge in [0.15, 0.2) is 4.77 Å². The fourth-order valence-electron chi connectivity index (χ4n) is 2.01. The number of thiophene rings is 1. The topological polar surface area (TPSA) is 20.7 Å². The molecule has 0 fully saturated rings. The van der Waals surface area contributed by atoms with Gasteiger partial charge in [-0.1, -0.05) is 17.7 Å². The lowest BCUT2D eigenvalue weighted by Gasteiger charge is -2.02. The van der Waals surface area contributed by atoms with Crippen molar-refractivity contribution in [3.63, 3.8) is 0 Å². The quantitative estimate of drug-likeness (QED) is 0.675. The van der Waals surface area contributed by atoms with E-state index in [1.165, 1.54) is 10.4 Å². The van der Waals surface area contributed by atoms with Crippen LogP contribution < -0.4 is 0 Å². The zero-order chi connectivity index (χ0) is 12.7. The van der Waals surface area contributed by atoms with E-state index in [-0.39, 0.29) is 0 Å². The summed E-state index contributed by atoms with van der Waals surface area (Å²) in [6.45, 7) is 2.85. The number of halogens is 1. The Bertz CT molecular complexity index is 767. The maximum absolute atomic E-state index is 5.96. The van der Waals surface area contributed by atoms with Crippen molar-refractivity contribution in [3.05, 3.63) is 49.9 Å². The molecule has 1 aromatic carbocycles. The lowest BCUT2D eigenvalue weighted by atomic mass is 10.2. The molecule has 1 N–H and O–H groups in total. The summed E-state index contributed by atoms with van der Waals surface area (Å²) in [5.41, 5.74) is 3.45. The molecule has 5 heteroatoms. The van der Waals surface area contributed by atoms with Gasteiger partial charge in [-0.05, 0) is 49.0 Å². The van der Waals surface area contributed by atoms with E-state index < -0.39 is 0 Å². The van der Waals surface area contributed by atoms with Gasteiger partial charge in [-0.25, -0.2) is 0 Å². The Morgan fingerprint density at radius 3 is 2.89 bits per heavy atom. The van der Waals surface area contributed by atoms with Gasteiger partial charge in [0.2, 0.25) is 0 Å². The van der Waals surface area contributed by atoms with Crippen LogP contribution in [-0.2, 0) is 6.54 Å². The third kappa shape index (κ3) is 2.11. The van der Waals surface area contributed by atoms with Gasteiger partial charge in [0.05, 0.1) is 21.9 Å². The van der Waals surface area contributed by atoms with Crippen LogP contribution >= 0.6 is 35.2 Å². The van der Waals surface area contributed by atoms with E-state index in [0.29, 0.717) is 0 Å². The SMILES string of the molecule is Cc1ccc2[nH]c(=S)n(Cc3ccc(Cl)s3)c2c1. The Morgan fingerprint density at radius 1 is 1.33 bits per heavy atom. The molecular weight excluding hydrogens is 284 g/mol. The smallest absolute Gasteiger partial charge is 0.178 e. The number of hydrogen-bond acceptors (Lipinski definition) is 2. The number of rotatable bonds is 2. The summed E-state index contributed by atoms with van der Waals surface area (Å²) in [7, 11) is 0. The summed E-state index contributed by atoms with van der Waals surface area (Å²) in [5, 5.41) is 0. The minimum atomic E-state index is 0.750. The van der Waals surface area contributed by atoms with Crippen molar-refractivity contribution in [1.29, 1.82) is 0 Å². The molecule has 2 heterocycles. The second-order valence-corrected chi connectivity index (χ2v) is 6.43. The van der Waals surface area contributed by atoms with Crippen LogP contribution in [0, 0.1) is 11.7 Å². The molecule has 0 saturated carbocycles. The first-order valence-corrected chi connectivity index (χ1v) is 7.17. The monoisotopic (exact) mass is 294 g/mol. The summed E-state index contributed by atoms with van der Waals surface area (Å²) in [6, 6.07) is 10.3. The van der Waals surface area contributed by atoms with Gasteiger partial charge in [-0.2, -0.15) is 0 Å². The van der Waals surface area contributed by atoms with Crippen molar-refractivity contribution in [2.24, 2.45) is 0 Å². The largest absolute Gasteiger partial charge is 0.331 e. The number of H-pyrrole nitrogens is 1. The fraction of sp³-hybridized carbons (Fsp3) is 0.154. The van der Waals surface area contributed by atoms with E-state index in [0.717, 1.165) is 26.7 Å². The van der Waals surface area contributed by atoms with Gasteiger partial charge in [-0.3, -0.25) is 0 Å². The molecule has 2 aromatic heterocycles. The van der Waals surface area contributed by atoms with Gasteiger partial charge >= 0.3 is 0 Å². The minimum absolute atomic E-state index is 0.750. The first-order valence-electron chi connectivity index (χ1n) is 5.57. The van der Waals surface area contributed by atoms with E-state index in [9.17, 15) is 0 Å². The van der Waals surface area contributed by atoms with E-state index in [1.54, 1.807) is 11.3 Å². The highest BCUT2D eigenvalue weighted by Crippen LogP contribution is 2.24. The second-order valence-electron chi connectivity index (χ2n) is 4.24. The van der Waals surface area contributed by atoms with Crippen LogP contribution in [0.15, 0.2) is 30.3 Å². The average Bonchev–Trinajstić information content (AvgIpc) is 2.86. The Kier molecular flexibility index (Phi) is 3.01. The molecule has 0 saturated heterocycles. The molecule has 18 heavy (non-hydrogen) atoms. The van der Waals surface area contributed by atoms with Gasteiger partial charge in [0, 0.05) is 4.88 Å². The lowest BCUT2D eigenvalue weighted by Crippen LogP contribution is -1.97. The highest BCUT2D eigenvalue weighted by atomic mass is 35.5. The van der Waals surface area contributed by atoms with Crippen molar-refractivity contribution in [2.75, 3.05) is 0 Å². The number of fused-ring (bicyclic) bond motifs is 1.